The Hall–Kier alpha value is -1.79. The summed E-state index contributed by atoms with van der Waals surface area (Å²) < 4.78 is 0. The molecule has 0 bridgehead atoms. The second-order valence-electron chi connectivity index (χ2n) is 4.62. The van der Waals surface area contributed by atoms with Crippen LogP contribution >= 0.6 is 11.6 Å². The van der Waals surface area contributed by atoms with Crippen molar-refractivity contribution in [1.29, 1.82) is 0 Å². The van der Waals surface area contributed by atoms with E-state index in [9.17, 15) is 9.59 Å². The van der Waals surface area contributed by atoms with Crippen LogP contribution in [-0.2, 0) is 0 Å². The molecular weight excluding hydrogens is 282 g/mol. The summed E-state index contributed by atoms with van der Waals surface area (Å²) in [5.74, 6) is -1.07. The van der Waals surface area contributed by atoms with Gasteiger partial charge in [-0.1, -0.05) is 11.6 Å². The van der Waals surface area contributed by atoms with Gasteiger partial charge >= 0.3 is 12.0 Å². The van der Waals surface area contributed by atoms with E-state index in [4.69, 9.17) is 16.7 Å². The minimum atomic E-state index is -1.07. The van der Waals surface area contributed by atoms with E-state index in [1.807, 2.05) is 0 Å². The van der Waals surface area contributed by atoms with Crippen LogP contribution in [0.4, 0.5) is 10.5 Å². The Balaban J connectivity index is 1.99. The number of piperidine rings is 1. The van der Waals surface area contributed by atoms with Crippen molar-refractivity contribution in [3.8, 4) is 0 Å². The molecule has 1 heterocycles. The summed E-state index contributed by atoms with van der Waals surface area (Å²) in [7, 11) is 0. The fourth-order valence-corrected chi connectivity index (χ4v) is 2.23. The van der Waals surface area contributed by atoms with Gasteiger partial charge in [0.15, 0.2) is 0 Å². The Labute approximate surface area is 121 Å². The lowest BCUT2D eigenvalue weighted by Crippen LogP contribution is -2.44. The molecule has 6 nitrogen and oxygen atoms in total. The molecule has 20 heavy (non-hydrogen) atoms. The van der Waals surface area contributed by atoms with Crippen molar-refractivity contribution >= 4 is 29.3 Å². The van der Waals surface area contributed by atoms with Crippen LogP contribution in [0.3, 0.4) is 0 Å². The Bertz CT molecular complexity index is 516. The van der Waals surface area contributed by atoms with Crippen LogP contribution in [-0.4, -0.2) is 36.2 Å². The van der Waals surface area contributed by atoms with E-state index in [1.54, 1.807) is 0 Å². The molecule has 1 aliphatic rings. The zero-order valence-corrected chi connectivity index (χ0v) is 11.5. The second-order valence-corrected chi connectivity index (χ2v) is 5.03. The van der Waals surface area contributed by atoms with E-state index in [0.717, 1.165) is 25.9 Å². The Morgan fingerprint density at radius 1 is 1.30 bits per heavy atom. The number of carboxylic acids is 1. The van der Waals surface area contributed by atoms with Crippen molar-refractivity contribution in [2.24, 2.45) is 0 Å². The third-order valence-corrected chi connectivity index (χ3v) is 3.47. The molecule has 1 aliphatic heterocycles. The molecule has 1 aromatic rings. The predicted molar refractivity (Wildman–Crippen MR) is 76.5 cm³/mol. The molecule has 108 valence electrons. The van der Waals surface area contributed by atoms with E-state index in [-0.39, 0.29) is 23.3 Å². The highest BCUT2D eigenvalue weighted by atomic mass is 35.5. The summed E-state index contributed by atoms with van der Waals surface area (Å²) in [6, 6.07) is 3.93. The summed E-state index contributed by atoms with van der Waals surface area (Å²) in [6.07, 6.45) is 1.74. The Kier molecular flexibility index (Phi) is 4.81. The van der Waals surface area contributed by atoms with Crippen molar-refractivity contribution in [1.82, 2.24) is 10.6 Å². The molecule has 0 saturated carbocycles. The highest BCUT2D eigenvalue weighted by Crippen LogP contribution is 2.23. The van der Waals surface area contributed by atoms with Crippen LogP contribution in [0.1, 0.15) is 23.2 Å². The lowest BCUT2D eigenvalue weighted by molar-refractivity contribution is 0.0697. The summed E-state index contributed by atoms with van der Waals surface area (Å²) in [5.41, 5.74) is 0.365. The second kappa shape index (κ2) is 6.58. The molecule has 0 aliphatic carbocycles. The average Bonchev–Trinajstić information content (AvgIpc) is 2.42. The first kappa shape index (κ1) is 14.6. The molecule has 2 rings (SSSR count). The number of urea groups is 1. The van der Waals surface area contributed by atoms with Crippen molar-refractivity contribution in [2.75, 3.05) is 18.4 Å². The summed E-state index contributed by atoms with van der Waals surface area (Å²) >= 11 is 5.94. The predicted octanol–water partition coefficient (Wildman–Crippen LogP) is 1.91. The van der Waals surface area contributed by atoms with E-state index in [1.165, 1.54) is 18.2 Å². The number of hydrogen-bond donors (Lipinski definition) is 4. The standard InChI is InChI=1S/C13H16ClN3O3/c14-10-2-1-8(12(18)19)7-11(10)17-13(20)16-9-3-5-15-6-4-9/h1-2,7,9,15H,3-6H2,(H,18,19)(H2,16,17,20). The van der Waals surface area contributed by atoms with Crippen LogP contribution in [0, 0.1) is 0 Å². The largest absolute Gasteiger partial charge is 0.478 e. The first-order chi connectivity index (χ1) is 9.56. The number of benzene rings is 1. The van der Waals surface area contributed by atoms with E-state index in [0.29, 0.717) is 5.02 Å². The van der Waals surface area contributed by atoms with Gasteiger partial charge in [-0.25, -0.2) is 9.59 Å². The fourth-order valence-electron chi connectivity index (χ4n) is 2.06. The van der Waals surface area contributed by atoms with Gasteiger partial charge in [0, 0.05) is 6.04 Å². The lowest BCUT2D eigenvalue weighted by atomic mass is 10.1. The maximum Gasteiger partial charge on any atom is 0.335 e. The monoisotopic (exact) mass is 297 g/mol. The first-order valence-corrected chi connectivity index (χ1v) is 6.75. The number of carbonyl (C=O) groups excluding carboxylic acids is 1. The lowest BCUT2D eigenvalue weighted by Gasteiger charge is -2.23. The molecule has 7 heteroatoms. The highest BCUT2D eigenvalue weighted by molar-refractivity contribution is 6.33. The maximum absolute atomic E-state index is 11.9. The molecule has 2 amide bonds. The van der Waals surface area contributed by atoms with Crippen molar-refractivity contribution in [3.63, 3.8) is 0 Å². The van der Waals surface area contributed by atoms with E-state index in [2.05, 4.69) is 16.0 Å². The molecular formula is C13H16ClN3O3. The molecule has 0 unspecified atom stereocenters. The highest BCUT2D eigenvalue weighted by Gasteiger charge is 2.16. The summed E-state index contributed by atoms with van der Waals surface area (Å²) in [4.78, 5) is 22.8. The van der Waals surface area contributed by atoms with Crippen LogP contribution in [0.25, 0.3) is 0 Å². The summed E-state index contributed by atoms with van der Waals surface area (Å²) in [5, 5.41) is 17.9. The number of anilines is 1. The third-order valence-electron chi connectivity index (χ3n) is 3.14. The number of hydrogen-bond acceptors (Lipinski definition) is 3. The number of carboxylic acid groups (broad SMARTS) is 1. The van der Waals surface area contributed by atoms with Crippen LogP contribution < -0.4 is 16.0 Å². The SMILES string of the molecule is O=C(Nc1cc(C(=O)O)ccc1Cl)NC1CCNCC1. The van der Waals surface area contributed by atoms with Gasteiger partial charge in [0.25, 0.3) is 0 Å². The van der Waals surface area contributed by atoms with Gasteiger partial charge in [-0.2, -0.15) is 0 Å². The fraction of sp³-hybridized carbons (Fsp3) is 0.385. The topological polar surface area (TPSA) is 90.5 Å². The van der Waals surface area contributed by atoms with Crippen LogP contribution in [0.15, 0.2) is 18.2 Å². The minimum absolute atomic E-state index is 0.0755. The summed E-state index contributed by atoms with van der Waals surface area (Å²) in [6.45, 7) is 1.75. The number of rotatable bonds is 3. The molecule has 1 aromatic carbocycles. The van der Waals surface area contributed by atoms with Crippen molar-refractivity contribution < 1.29 is 14.7 Å². The Morgan fingerprint density at radius 3 is 2.65 bits per heavy atom. The molecule has 0 radical (unpaired) electrons. The minimum Gasteiger partial charge on any atom is -0.478 e. The Morgan fingerprint density at radius 2 is 2.00 bits per heavy atom. The zero-order chi connectivity index (χ0) is 14.5. The molecule has 0 atom stereocenters. The number of amides is 2. The van der Waals surface area contributed by atoms with Gasteiger partial charge in [-0.3, -0.25) is 0 Å². The van der Waals surface area contributed by atoms with Crippen LogP contribution in [0.2, 0.25) is 5.02 Å². The number of aromatic carboxylic acids is 1. The van der Waals surface area contributed by atoms with E-state index >= 15 is 0 Å². The normalized spacial score (nSPS) is 15.7. The van der Waals surface area contributed by atoms with Gasteiger partial charge in [0.2, 0.25) is 0 Å². The molecule has 1 fully saturated rings. The number of carbonyl (C=O) groups is 2. The quantitative estimate of drug-likeness (QED) is 0.686. The number of nitrogens with one attached hydrogen (secondary N) is 3. The maximum atomic E-state index is 11.9. The van der Waals surface area contributed by atoms with Gasteiger partial charge in [-0.15, -0.1) is 0 Å². The van der Waals surface area contributed by atoms with Crippen molar-refractivity contribution in [2.45, 2.75) is 18.9 Å². The van der Waals surface area contributed by atoms with Gasteiger partial charge < -0.3 is 21.1 Å². The molecule has 0 aromatic heterocycles. The average molecular weight is 298 g/mol. The smallest absolute Gasteiger partial charge is 0.335 e. The zero-order valence-electron chi connectivity index (χ0n) is 10.8. The molecule has 0 spiro atoms. The van der Waals surface area contributed by atoms with Crippen molar-refractivity contribution in [3.05, 3.63) is 28.8 Å². The van der Waals surface area contributed by atoms with Gasteiger partial charge in [0.1, 0.15) is 0 Å². The third kappa shape index (κ3) is 3.85. The van der Waals surface area contributed by atoms with E-state index < -0.39 is 5.97 Å². The van der Waals surface area contributed by atoms with Gasteiger partial charge in [-0.05, 0) is 44.1 Å². The molecule has 4 N–H and O–H groups in total. The first-order valence-electron chi connectivity index (χ1n) is 6.37. The van der Waals surface area contributed by atoms with Gasteiger partial charge in [0.05, 0.1) is 16.3 Å². The number of halogens is 1. The molecule has 1 saturated heterocycles. The van der Waals surface area contributed by atoms with Crippen LogP contribution in [0.5, 0.6) is 0 Å².